The van der Waals surface area contributed by atoms with Crippen molar-refractivity contribution < 1.29 is 33.5 Å². The molecule has 1 N–H and O–H groups in total. The maximum atomic E-state index is 13.4. The lowest BCUT2D eigenvalue weighted by molar-refractivity contribution is -0.384. The summed E-state index contributed by atoms with van der Waals surface area (Å²) in [6.45, 7) is 0.270. The molecule has 0 saturated carbocycles. The molecule has 0 atom stereocenters. The van der Waals surface area contributed by atoms with Gasteiger partial charge in [0.25, 0.3) is 17.5 Å². The van der Waals surface area contributed by atoms with Crippen molar-refractivity contribution in [3.8, 4) is 17.2 Å². The Hall–Kier alpha value is -5.68. The SMILES string of the molecule is COc1cc(/C=C2\C(=O)NC(=O)N(c3ccc(OCc4ccccc4Cl)cc3)C2=O)ccc1OCc1cccc([N+](=O)[O-])c1. The lowest BCUT2D eigenvalue weighted by atomic mass is 10.1. The highest BCUT2D eigenvalue weighted by atomic mass is 35.5. The molecule has 11 nitrogen and oxygen atoms in total. The summed E-state index contributed by atoms with van der Waals surface area (Å²) in [6, 6.07) is 23.4. The van der Waals surface area contributed by atoms with Crippen molar-refractivity contribution in [1.82, 2.24) is 5.32 Å². The summed E-state index contributed by atoms with van der Waals surface area (Å²) < 4.78 is 17.0. The average Bonchev–Trinajstić information content (AvgIpc) is 3.02. The second kappa shape index (κ2) is 13.1. The Morgan fingerprint density at radius 2 is 1.66 bits per heavy atom. The molecule has 0 spiro atoms. The van der Waals surface area contributed by atoms with E-state index in [0.29, 0.717) is 33.4 Å². The fourth-order valence-corrected chi connectivity index (χ4v) is 4.53. The van der Waals surface area contributed by atoms with E-state index in [0.717, 1.165) is 10.5 Å². The van der Waals surface area contributed by atoms with Crippen molar-refractivity contribution in [3.05, 3.63) is 128 Å². The Bertz CT molecular complexity index is 1790. The summed E-state index contributed by atoms with van der Waals surface area (Å²) in [5.41, 5.74) is 1.73. The summed E-state index contributed by atoms with van der Waals surface area (Å²) in [6.07, 6.45) is 1.34. The summed E-state index contributed by atoms with van der Waals surface area (Å²) in [4.78, 5) is 50.1. The third-order valence-electron chi connectivity index (χ3n) is 6.56. The summed E-state index contributed by atoms with van der Waals surface area (Å²) >= 11 is 6.17. The van der Waals surface area contributed by atoms with Crippen molar-refractivity contribution in [2.75, 3.05) is 12.0 Å². The predicted molar refractivity (Wildman–Crippen MR) is 162 cm³/mol. The number of carbonyl (C=O) groups excluding carboxylic acids is 3. The molecule has 5 rings (SSSR count). The van der Waals surface area contributed by atoms with Crippen LogP contribution in [-0.2, 0) is 22.8 Å². The van der Waals surface area contributed by atoms with Crippen molar-refractivity contribution in [3.63, 3.8) is 0 Å². The molecule has 0 unspecified atom stereocenters. The number of anilines is 1. The van der Waals surface area contributed by atoms with Gasteiger partial charge in [0.1, 0.15) is 24.5 Å². The van der Waals surface area contributed by atoms with Crippen molar-refractivity contribution in [2.24, 2.45) is 0 Å². The number of hydrogen-bond acceptors (Lipinski definition) is 8. The van der Waals surface area contributed by atoms with Gasteiger partial charge in [0.05, 0.1) is 17.7 Å². The molecule has 0 radical (unpaired) electrons. The lowest BCUT2D eigenvalue weighted by Gasteiger charge is -2.26. The molecule has 1 saturated heterocycles. The Morgan fingerprint density at radius 1 is 0.886 bits per heavy atom. The second-order valence-corrected chi connectivity index (χ2v) is 9.87. The molecule has 1 heterocycles. The number of non-ortho nitro benzene ring substituents is 1. The van der Waals surface area contributed by atoms with Crippen molar-refractivity contribution in [1.29, 1.82) is 0 Å². The second-order valence-electron chi connectivity index (χ2n) is 9.46. The van der Waals surface area contributed by atoms with Crippen LogP contribution in [0.3, 0.4) is 0 Å². The molecule has 1 fully saturated rings. The highest BCUT2D eigenvalue weighted by Crippen LogP contribution is 2.31. The van der Waals surface area contributed by atoms with Gasteiger partial charge in [0.2, 0.25) is 0 Å². The van der Waals surface area contributed by atoms with Gasteiger partial charge in [-0.15, -0.1) is 0 Å². The summed E-state index contributed by atoms with van der Waals surface area (Å²) in [5.74, 6) is -0.525. The molecule has 0 bridgehead atoms. The van der Waals surface area contributed by atoms with Crippen LogP contribution < -0.4 is 24.4 Å². The number of nitrogens with zero attached hydrogens (tertiary/aromatic N) is 2. The maximum Gasteiger partial charge on any atom is 0.335 e. The number of ether oxygens (including phenoxy) is 3. The molecule has 222 valence electrons. The van der Waals surface area contributed by atoms with Crippen LogP contribution in [-0.4, -0.2) is 29.9 Å². The van der Waals surface area contributed by atoms with Crippen LogP contribution in [0.5, 0.6) is 17.2 Å². The molecular formula is C32H24ClN3O8. The number of nitrogens with one attached hydrogen (secondary N) is 1. The van der Waals surface area contributed by atoms with Crippen LogP contribution in [0.15, 0.2) is 96.6 Å². The van der Waals surface area contributed by atoms with E-state index in [1.54, 1.807) is 48.5 Å². The Balaban J connectivity index is 1.31. The largest absolute Gasteiger partial charge is 0.493 e. The number of benzene rings is 4. The van der Waals surface area contributed by atoms with E-state index in [-0.39, 0.29) is 30.2 Å². The predicted octanol–water partition coefficient (Wildman–Crippen LogP) is 6.08. The van der Waals surface area contributed by atoms with Gasteiger partial charge in [-0.3, -0.25) is 25.0 Å². The van der Waals surface area contributed by atoms with Gasteiger partial charge in [-0.1, -0.05) is 48.0 Å². The van der Waals surface area contributed by atoms with Gasteiger partial charge < -0.3 is 14.2 Å². The van der Waals surface area contributed by atoms with E-state index in [2.05, 4.69) is 5.32 Å². The third-order valence-corrected chi connectivity index (χ3v) is 6.93. The number of methoxy groups -OCH3 is 1. The Morgan fingerprint density at radius 3 is 2.39 bits per heavy atom. The Kier molecular flexibility index (Phi) is 8.87. The van der Waals surface area contributed by atoms with Gasteiger partial charge >= 0.3 is 6.03 Å². The minimum Gasteiger partial charge on any atom is -0.493 e. The van der Waals surface area contributed by atoms with E-state index in [1.807, 2.05) is 18.2 Å². The number of imide groups is 2. The van der Waals surface area contributed by atoms with E-state index < -0.39 is 22.8 Å². The Labute approximate surface area is 256 Å². The van der Waals surface area contributed by atoms with Crippen LogP contribution in [0, 0.1) is 10.1 Å². The van der Waals surface area contributed by atoms with Crippen molar-refractivity contribution in [2.45, 2.75) is 13.2 Å². The number of amides is 4. The van der Waals surface area contributed by atoms with Gasteiger partial charge in [0, 0.05) is 22.7 Å². The number of rotatable bonds is 10. The van der Waals surface area contributed by atoms with Crippen molar-refractivity contribution >= 4 is 46.9 Å². The topological polar surface area (TPSA) is 137 Å². The smallest absolute Gasteiger partial charge is 0.335 e. The lowest BCUT2D eigenvalue weighted by Crippen LogP contribution is -2.54. The monoisotopic (exact) mass is 613 g/mol. The quantitative estimate of drug-likeness (QED) is 0.0983. The fraction of sp³-hybridized carbons (Fsp3) is 0.0938. The number of hydrogen-bond donors (Lipinski definition) is 1. The van der Waals surface area contributed by atoms with Gasteiger partial charge in [-0.2, -0.15) is 0 Å². The number of halogens is 1. The van der Waals surface area contributed by atoms with E-state index >= 15 is 0 Å². The van der Waals surface area contributed by atoms with Crippen LogP contribution in [0.2, 0.25) is 5.02 Å². The average molecular weight is 614 g/mol. The number of urea groups is 1. The zero-order valence-corrected chi connectivity index (χ0v) is 23.9. The van der Waals surface area contributed by atoms with Gasteiger partial charge in [0.15, 0.2) is 11.5 Å². The highest BCUT2D eigenvalue weighted by molar-refractivity contribution is 6.39. The minimum absolute atomic E-state index is 0.0419. The normalized spacial score (nSPS) is 13.9. The molecule has 0 aliphatic carbocycles. The van der Waals surface area contributed by atoms with E-state index in [4.69, 9.17) is 25.8 Å². The first-order valence-corrected chi connectivity index (χ1v) is 13.5. The number of nitro benzene ring substituents is 1. The molecule has 0 aromatic heterocycles. The molecule has 12 heteroatoms. The van der Waals surface area contributed by atoms with Gasteiger partial charge in [-0.25, -0.2) is 9.69 Å². The molecule has 4 aromatic rings. The molecule has 44 heavy (non-hydrogen) atoms. The van der Waals surface area contributed by atoms with E-state index in [1.165, 1.54) is 37.5 Å². The molecule has 1 aliphatic rings. The summed E-state index contributed by atoms with van der Waals surface area (Å²) in [5, 5.41) is 13.8. The number of nitro groups is 1. The van der Waals surface area contributed by atoms with E-state index in [9.17, 15) is 24.5 Å². The van der Waals surface area contributed by atoms with Gasteiger partial charge in [-0.05, 0) is 59.7 Å². The molecular weight excluding hydrogens is 590 g/mol. The third kappa shape index (κ3) is 6.69. The zero-order chi connectivity index (χ0) is 31.2. The molecule has 4 aromatic carbocycles. The minimum atomic E-state index is -0.885. The number of carbonyl (C=O) groups is 3. The molecule has 1 aliphatic heterocycles. The van der Waals surface area contributed by atoms with Crippen LogP contribution in [0.1, 0.15) is 16.7 Å². The first kappa shape index (κ1) is 29.8. The first-order chi connectivity index (χ1) is 21.2. The standard InChI is InChI=1S/C32H24ClN3O8/c1-42-29-17-20(9-14-28(29)44-18-21-5-4-7-24(15-21)36(40)41)16-26-30(37)34-32(39)35(31(26)38)23-10-12-25(13-11-23)43-19-22-6-2-3-8-27(22)33/h2-17H,18-19H2,1H3,(H,34,37,39)/b26-16+. The van der Waals surface area contributed by atoms with Crippen LogP contribution >= 0.6 is 11.6 Å². The molecule has 4 amide bonds. The van der Waals surface area contributed by atoms with Crippen LogP contribution in [0.4, 0.5) is 16.2 Å². The number of barbiturate groups is 1. The van der Waals surface area contributed by atoms with Crippen LogP contribution in [0.25, 0.3) is 6.08 Å². The fourth-order valence-electron chi connectivity index (χ4n) is 4.34. The highest BCUT2D eigenvalue weighted by Gasteiger charge is 2.36. The zero-order valence-electron chi connectivity index (χ0n) is 23.2. The maximum absolute atomic E-state index is 13.4. The summed E-state index contributed by atoms with van der Waals surface area (Å²) in [7, 11) is 1.42. The first-order valence-electron chi connectivity index (χ1n) is 13.2.